The minimum atomic E-state index is -4.15. The van der Waals surface area contributed by atoms with Crippen LogP contribution in [0.25, 0.3) is 6.08 Å². The number of nitrogens with zero attached hydrogens (tertiary/aromatic N) is 1. The van der Waals surface area contributed by atoms with Crippen molar-refractivity contribution < 1.29 is 26.5 Å². The highest BCUT2D eigenvalue weighted by Crippen LogP contribution is 2.35. The molecule has 8 heteroatoms. The van der Waals surface area contributed by atoms with Crippen LogP contribution in [-0.4, -0.2) is 19.2 Å². The molecule has 1 aliphatic heterocycles. The molecule has 0 N–H and O–H groups in total. The van der Waals surface area contributed by atoms with E-state index in [1.54, 1.807) is 30.6 Å². The van der Waals surface area contributed by atoms with Crippen molar-refractivity contribution >= 4 is 22.0 Å². The van der Waals surface area contributed by atoms with Crippen LogP contribution >= 0.6 is 0 Å². The van der Waals surface area contributed by atoms with Gasteiger partial charge in [0.1, 0.15) is 22.2 Å². The lowest BCUT2D eigenvalue weighted by Crippen LogP contribution is -2.09. The molecule has 0 saturated carbocycles. The fourth-order valence-electron chi connectivity index (χ4n) is 2.61. The standard InChI is InChI=1S/C20H12FNO5S/c21-14-1-4-16(5-2-14)28(24,25)27-15-3-6-17-18(12-15)26-19(20(17)23)11-13-7-9-22-10-8-13/h1-12H/b19-11-. The van der Waals surface area contributed by atoms with Crippen molar-refractivity contribution in [3.63, 3.8) is 0 Å². The van der Waals surface area contributed by atoms with Crippen molar-refractivity contribution in [2.75, 3.05) is 0 Å². The molecule has 1 aliphatic rings. The number of fused-ring (bicyclic) bond motifs is 1. The van der Waals surface area contributed by atoms with E-state index in [-0.39, 0.29) is 27.9 Å². The van der Waals surface area contributed by atoms with Gasteiger partial charge in [-0.25, -0.2) is 4.39 Å². The number of benzene rings is 2. The maximum Gasteiger partial charge on any atom is 0.339 e. The van der Waals surface area contributed by atoms with Crippen molar-refractivity contribution in [2.24, 2.45) is 0 Å². The van der Waals surface area contributed by atoms with E-state index in [1.165, 1.54) is 18.2 Å². The van der Waals surface area contributed by atoms with Gasteiger partial charge in [-0.15, -0.1) is 0 Å². The van der Waals surface area contributed by atoms with Gasteiger partial charge in [-0.3, -0.25) is 9.78 Å². The molecule has 0 bridgehead atoms. The number of ketones is 1. The van der Waals surface area contributed by atoms with E-state index in [2.05, 4.69) is 4.98 Å². The fraction of sp³-hybridized carbons (Fsp3) is 0. The number of ether oxygens (including phenoxy) is 1. The Kier molecular flexibility index (Phi) is 4.40. The molecule has 0 spiro atoms. The normalized spacial score (nSPS) is 14.6. The molecule has 6 nitrogen and oxygen atoms in total. The fourth-order valence-corrected chi connectivity index (χ4v) is 3.53. The Morgan fingerprint density at radius 1 is 1.00 bits per heavy atom. The van der Waals surface area contributed by atoms with E-state index >= 15 is 0 Å². The van der Waals surface area contributed by atoms with Crippen LogP contribution in [-0.2, 0) is 10.1 Å². The highest BCUT2D eigenvalue weighted by atomic mass is 32.2. The van der Waals surface area contributed by atoms with Crippen molar-refractivity contribution in [1.29, 1.82) is 0 Å². The maximum atomic E-state index is 13.0. The van der Waals surface area contributed by atoms with Gasteiger partial charge in [-0.1, -0.05) is 0 Å². The Hall–Kier alpha value is -3.52. The summed E-state index contributed by atoms with van der Waals surface area (Å²) in [5.74, 6) is -0.602. The summed E-state index contributed by atoms with van der Waals surface area (Å²) in [6, 6.07) is 11.8. The second-order valence-electron chi connectivity index (χ2n) is 5.87. The number of Topliss-reactive ketones (excluding diaryl/α,β-unsaturated/α-hetero) is 1. The zero-order valence-electron chi connectivity index (χ0n) is 14.2. The Morgan fingerprint density at radius 3 is 2.43 bits per heavy atom. The average Bonchev–Trinajstić information content (AvgIpc) is 2.97. The van der Waals surface area contributed by atoms with Gasteiger partial charge >= 0.3 is 10.1 Å². The second kappa shape index (κ2) is 6.90. The van der Waals surface area contributed by atoms with Crippen LogP contribution in [0.2, 0.25) is 0 Å². The Labute approximate surface area is 160 Å². The molecule has 1 aromatic heterocycles. The summed E-state index contributed by atoms with van der Waals surface area (Å²) in [4.78, 5) is 16.2. The monoisotopic (exact) mass is 397 g/mol. The van der Waals surface area contributed by atoms with Gasteiger partial charge in [-0.2, -0.15) is 8.42 Å². The first-order valence-electron chi connectivity index (χ1n) is 8.11. The summed E-state index contributed by atoms with van der Waals surface area (Å²) >= 11 is 0. The number of pyridine rings is 1. The van der Waals surface area contributed by atoms with E-state index in [0.29, 0.717) is 5.56 Å². The molecule has 0 amide bonds. The first kappa shape index (κ1) is 17.9. The molecule has 2 aromatic carbocycles. The molecular weight excluding hydrogens is 385 g/mol. The second-order valence-corrected chi connectivity index (χ2v) is 7.42. The summed E-state index contributed by atoms with van der Waals surface area (Å²) < 4.78 is 48.3. The molecule has 2 heterocycles. The van der Waals surface area contributed by atoms with Gasteiger partial charge in [0.25, 0.3) is 0 Å². The van der Waals surface area contributed by atoms with Crippen molar-refractivity contribution in [1.82, 2.24) is 4.98 Å². The van der Waals surface area contributed by atoms with Gasteiger partial charge in [-0.05, 0) is 60.2 Å². The average molecular weight is 397 g/mol. The summed E-state index contributed by atoms with van der Waals surface area (Å²) in [7, 11) is -4.15. The summed E-state index contributed by atoms with van der Waals surface area (Å²) in [5.41, 5.74) is 1.04. The molecule has 0 atom stereocenters. The number of hydrogen-bond donors (Lipinski definition) is 0. The van der Waals surface area contributed by atoms with Crippen LogP contribution in [0.15, 0.2) is 77.6 Å². The Balaban J connectivity index is 1.60. The molecular formula is C20H12FNO5S. The van der Waals surface area contributed by atoms with Crippen molar-refractivity contribution in [3.05, 3.63) is 89.7 Å². The number of halogens is 1. The lowest BCUT2D eigenvalue weighted by atomic mass is 10.1. The van der Waals surface area contributed by atoms with E-state index in [0.717, 1.165) is 29.8 Å². The molecule has 28 heavy (non-hydrogen) atoms. The number of rotatable bonds is 4. The quantitative estimate of drug-likeness (QED) is 0.494. The van der Waals surface area contributed by atoms with Crippen LogP contribution in [0.3, 0.4) is 0 Å². The molecule has 4 rings (SSSR count). The SMILES string of the molecule is O=C1/C(=C/c2ccncc2)Oc2cc(OS(=O)(=O)c3ccc(F)cc3)ccc21. The van der Waals surface area contributed by atoms with Crippen LogP contribution < -0.4 is 8.92 Å². The molecule has 0 fully saturated rings. The van der Waals surface area contributed by atoms with E-state index in [4.69, 9.17) is 8.92 Å². The third-order valence-electron chi connectivity index (χ3n) is 3.95. The minimum Gasteiger partial charge on any atom is -0.452 e. The summed E-state index contributed by atoms with van der Waals surface area (Å²) in [6.45, 7) is 0. The molecule has 0 radical (unpaired) electrons. The zero-order chi connectivity index (χ0) is 19.7. The number of hydrogen-bond acceptors (Lipinski definition) is 6. The molecule has 0 saturated heterocycles. The number of carbonyl (C=O) groups is 1. The van der Waals surface area contributed by atoms with Gasteiger partial charge in [0.2, 0.25) is 5.78 Å². The predicted octanol–water partition coefficient (Wildman–Crippen LogP) is 3.60. The van der Waals surface area contributed by atoms with E-state index in [9.17, 15) is 17.6 Å². The molecule has 0 aliphatic carbocycles. The predicted molar refractivity (Wildman–Crippen MR) is 97.8 cm³/mol. The smallest absolute Gasteiger partial charge is 0.339 e. The third-order valence-corrected chi connectivity index (χ3v) is 5.21. The van der Waals surface area contributed by atoms with Gasteiger partial charge in [0.05, 0.1) is 5.56 Å². The lowest BCUT2D eigenvalue weighted by Gasteiger charge is -2.07. The van der Waals surface area contributed by atoms with Gasteiger partial charge < -0.3 is 8.92 Å². The van der Waals surface area contributed by atoms with E-state index < -0.39 is 15.9 Å². The number of allylic oxidation sites excluding steroid dienone is 1. The third kappa shape index (κ3) is 3.49. The minimum absolute atomic E-state index is 0.0268. The molecule has 3 aromatic rings. The highest BCUT2D eigenvalue weighted by molar-refractivity contribution is 7.87. The topological polar surface area (TPSA) is 82.6 Å². The first-order chi connectivity index (χ1) is 13.4. The van der Waals surface area contributed by atoms with Gasteiger partial charge in [0, 0.05) is 18.5 Å². The van der Waals surface area contributed by atoms with E-state index in [1.807, 2.05) is 0 Å². The number of carbonyl (C=O) groups excluding carboxylic acids is 1. The first-order valence-corrected chi connectivity index (χ1v) is 9.52. The summed E-state index contributed by atoms with van der Waals surface area (Å²) in [6.07, 6.45) is 4.75. The Morgan fingerprint density at radius 2 is 1.71 bits per heavy atom. The van der Waals surface area contributed by atoms with Crippen LogP contribution in [0, 0.1) is 5.82 Å². The molecule has 0 unspecified atom stereocenters. The maximum absolute atomic E-state index is 13.0. The van der Waals surface area contributed by atoms with Crippen LogP contribution in [0.5, 0.6) is 11.5 Å². The molecule has 140 valence electrons. The van der Waals surface area contributed by atoms with Crippen LogP contribution in [0.1, 0.15) is 15.9 Å². The zero-order valence-corrected chi connectivity index (χ0v) is 15.0. The highest BCUT2D eigenvalue weighted by Gasteiger charge is 2.28. The Bertz CT molecular complexity index is 1190. The van der Waals surface area contributed by atoms with Crippen molar-refractivity contribution in [3.8, 4) is 11.5 Å². The van der Waals surface area contributed by atoms with Crippen LogP contribution in [0.4, 0.5) is 4.39 Å². The summed E-state index contributed by atoms with van der Waals surface area (Å²) in [5, 5.41) is 0. The number of aromatic nitrogens is 1. The van der Waals surface area contributed by atoms with Crippen molar-refractivity contribution in [2.45, 2.75) is 4.90 Å². The van der Waals surface area contributed by atoms with Gasteiger partial charge in [0.15, 0.2) is 5.76 Å². The largest absolute Gasteiger partial charge is 0.452 e. The lowest BCUT2D eigenvalue weighted by molar-refractivity contribution is 0.101.